The van der Waals surface area contributed by atoms with E-state index >= 15 is 0 Å². The number of carbonyl (C=O) groups excluding carboxylic acids is 1. The Hall–Kier alpha value is -1.35. The van der Waals surface area contributed by atoms with Crippen molar-refractivity contribution < 1.29 is 4.79 Å². The van der Waals surface area contributed by atoms with E-state index < -0.39 is 0 Å². The summed E-state index contributed by atoms with van der Waals surface area (Å²) in [6.07, 6.45) is 2.63. The van der Waals surface area contributed by atoms with Crippen LogP contribution in [0.5, 0.6) is 0 Å². The van der Waals surface area contributed by atoms with E-state index in [-0.39, 0.29) is 0 Å². The fourth-order valence-electron chi connectivity index (χ4n) is 2.63. The highest BCUT2D eigenvalue weighted by Gasteiger charge is 2.15. The van der Waals surface area contributed by atoms with Gasteiger partial charge in [0.05, 0.1) is 0 Å². The number of piperazine rings is 1. The molecule has 1 aliphatic rings. The molecule has 1 aromatic carbocycles. The summed E-state index contributed by atoms with van der Waals surface area (Å²) in [5.74, 6) is 0.311. The first-order valence-electron chi connectivity index (χ1n) is 7.21. The summed E-state index contributed by atoms with van der Waals surface area (Å²) in [6.45, 7) is 7.86. The van der Waals surface area contributed by atoms with Crippen molar-refractivity contribution in [1.82, 2.24) is 10.2 Å². The molecule has 1 fully saturated rings. The Morgan fingerprint density at radius 3 is 2.68 bits per heavy atom. The van der Waals surface area contributed by atoms with Gasteiger partial charge in [-0.15, -0.1) is 0 Å². The molecule has 3 nitrogen and oxygen atoms in total. The third-order valence-corrected chi connectivity index (χ3v) is 3.80. The summed E-state index contributed by atoms with van der Waals surface area (Å²) in [6, 6.07) is 6.56. The highest BCUT2D eigenvalue weighted by Crippen LogP contribution is 2.14. The van der Waals surface area contributed by atoms with Gasteiger partial charge in [0.2, 0.25) is 5.91 Å². The second-order valence-corrected chi connectivity index (χ2v) is 5.41. The van der Waals surface area contributed by atoms with Crippen molar-refractivity contribution in [3.8, 4) is 0 Å². The predicted octanol–water partition coefficient (Wildman–Crippen LogP) is 2.06. The van der Waals surface area contributed by atoms with Crippen LogP contribution in [-0.2, 0) is 11.2 Å². The van der Waals surface area contributed by atoms with Gasteiger partial charge < -0.3 is 10.2 Å². The van der Waals surface area contributed by atoms with Gasteiger partial charge in [-0.1, -0.05) is 23.8 Å². The zero-order chi connectivity index (χ0) is 13.7. The molecule has 1 heterocycles. The Morgan fingerprint density at radius 1 is 1.26 bits per heavy atom. The van der Waals surface area contributed by atoms with Gasteiger partial charge in [0, 0.05) is 32.6 Å². The van der Waals surface area contributed by atoms with Crippen LogP contribution in [0.1, 0.15) is 29.5 Å². The highest BCUT2D eigenvalue weighted by atomic mass is 16.2. The first kappa shape index (κ1) is 14.1. The summed E-state index contributed by atoms with van der Waals surface area (Å²) in [4.78, 5) is 14.0. The van der Waals surface area contributed by atoms with Crippen molar-refractivity contribution in [2.45, 2.75) is 33.1 Å². The summed E-state index contributed by atoms with van der Waals surface area (Å²) in [5, 5.41) is 3.27. The van der Waals surface area contributed by atoms with E-state index in [4.69, 9.17) is 0 Å². The molecule has 0 unspecified atom stereocenters. The molecule has 1 aromatic rings. The predicted molar refractivity (Wildman–Crippen MR) is 78.3 cm³/mol. The summed E-state index contributed by atoms with van der Waals surface area (Å²) >= 11 is 0. The molecule has 1 N–H and O–H groups in total. The maximum Gasteiger partial charge on any atom is 0.222 e. The highest BCUT2D eigenvalue weighted by molar-refractivity contribution is 5.76. The lowest BCUT2D eigenvalue weighted by molar-refractivity contribution is -0.131. The molecular weight excluding hydrogens is 236 g/mol. The van der Waals surface area contributed by atoms with E-state index in [0.29, 0.717) is 12.3 Å². The van der Waals surface area contributed by atoms with Crippen LogP contribution < -0.4 is 5.32 Å². The van der Waals surface area contributed by atoms with Gasteiger partial charge in [0.1, 0.15) is 0 Å². The molecule has 2 rings (SSSR count). The number of amides is 1. The molecule has 0 spiro atoms. The second kappa shape index (κ2) is 6.71. The number of carbonyl (C=O) groups is 1. The van der Waals surface area contributed by atoms with Crippen molar-refractivity contribution in [2.75, 3.05) is 26.2 Å². The SMILES string of the molecule is Cc1ccc(CCCC(=O)N2CCNCC2)c(C)c1. The van der Waals surface area contributed by atoms with Gasteiger partial charge in [0.15, 0.2) is 0 Å². The molecule has 0 aliphatic carbocycles. The molecule has 0 radical (unpaired) electrons. The quantitative estimate of drug-likeness (QED) is 0.898. The molecule has 19 heavy (non-hydrogen) atoms. The normalized spacial score (nSPS) is 15.6. The molecule has 0 atom stereocenters. The van der Waals surface area contributed by atoms with E-state index in [1.807, 2.05) is 4.90 Å². The van der Waals surface area contributed by atoms with Crippen LogP contribution in [0.4, 0.5) is 0 Å². The van der Waals surface area contributed by atoms with Gasteiger partial charge >= 0.3 is 0 Å². The molecule has 0 aromatic heterocycles. The lowest BCUT2D eigenvalue weighted by Gasteiger charge is -2.27. The van der Waals surface area contributed by atoms with Crippen molar-refractivity contribution in [2.24, 2.45) is 0 Å². The number of hydrogen-bond donors (Lipinski definition) is 1. The Balaban J connectivity index is 1.78. The zero-order valence-corrected chi connectivity index (χ0v) is 12.0. The number of rotatable bonds is 4. The Bertz CT molecular complexity index is 436. The third kappa shape index (κ3) is 4.06. The molecule has 1 amide bonds. The van der Waals surface area contributed by atoms with E-state index in [2.05, 4.69) is 37.4 Å². The van der Waals surface area contributed by atoms with Gasteiger partial charge in [-0.3, -0.25) is 4.79 Å². The maximum absolute atomic E-state index is 12.0. The standard InChI is InChI=1S/C16H24N2O/c1-13-6-7-15(14(2)12-13)4-3-5-16(19)18-10-8-17-9-11-18/h6-7,12,17H,3-5,8-11H2,1-2H3. The minimum absolute atomic E-state index is 0.311. The van der Waals surface area contributed by atoms with E-state index in [1.54, 1.807) is 0 Å². The molecule has 0 bridgehead atoms. The van der Waals surface area contributed by atoms with Gasteiger partial charge in [-0.25, -0.2) is 0 Å². The van der Waals surface area contributed by atoms with Crippen LogP contribution in [0.3, 0.4) is 0 Å². The lowest BCUT2D eigenvalue weighted by Crippen LogP contribution is -2.46. The average Bonchev–Trinajstić information content (AvgIpc) is 2.42. The van der Waals surface area contributed by atoms with Crippen LogP contribution in [-0.4, -0.2) is 37.0 Å². The van der Waals surface area contributed by atoms with Crippen LogP contribution in [0, 0.1) is 13.8 Å². The number of nitrogens with zero attached hydrogens (tertiary/aromatic N) is 1. The molecule has 3 heteroatoms. The summed E-state index contributed by atoms with van der Waals surface area (Å²) < 4.78 is 0. The number of nitrogens with one attached hydrogen (secondary N) is 1. The Kier molecular flexibility index (Phi) is 4.97. The Labute approximate surface area is 116 Å². The van der Waals surface area contributed by atoms with Crippen LogP contribution >= 0.6 is 0 Å². The first-order valence-corrected chi connectivity index (χ1v) is 7.21. The van der Waals surface area contributed by atoms with E-state index in [9.17, 15) is 4.79 Å². The van der Waals surface area contributed by atoms with Crippen LogP contribution in [0.25, 0.3) is 0 Å². The molecule has 1 saturated heterocycles. The lowest BCUT2D eigenvalue weighted by atomic mass is 10.0. The molecule has 0 saturated carbocycles. The number of aryl methyl sites for hydroxylation is 3. The minimum Gasteiger partial charge on any atom is -0.340 e. The third-order valence-electron chi connectivity index (χ3n) is 3.80. The number of hydrogen-bond acceptors (Lipinski definition) is 2. The summed E-state index contributed by atoms with van der Waals surface area (Å²) in [7, 11) is 0. The van der Waals surface area contributed by atoms with Crippen molar-refractivity contribution in [3.63, 3.8) is 0 Å². The minimum atomic E-state index is 0.311. The van der Waals surface area contributed by atoms with Crippen molar-refractivity contribution in [3.05, 3.63) is 34.9 Å². The second-order valence-electron chi connectivity index (χ2n) is 5.41. The average molecular weight is 260 g/mol. The molecule has 1 aliphatic heterocycles. The van der Waals surface area contributed by atoms with Crippen LogP contribution in [0.2, 0.25) is 0 Å². The smallest absolute Gasteiger partial charge is 0.222 e. The monoisotopic (exact) mass is 260 g/mol. The topological polar surface area (TPSA) is 32.3 Å². The fraction of sp³-hybridized carbons (Fsp3) is 0.562. The number of benzene rings is 1. The van der Waals surface area contributed by atoms with Crippen molar-refractivity contribution in [1.29, 1.82) is 0 Å². The molecule has 104 valence electrons. The van der Waals surface area contributed by atoms with Crippen LogP contribution in [0.15, 0.2) is 18.2 Å². The Morgan fingerprint density at radius 2 is 2.00 bits per heavy atom. The van der Waals surface area contributed by atoms with Gasteiger partial charge in [-0.05, 0) is 37.8 Å². The van der Waals surface area contributed by atoms with Crippen molar-refractivity contribution >= 4 is 5.91 Å². The maximum atomic E-state index is 12.0. The largest absolute Gasteiger partial charge is 0.340 e. The van der Waals surface area contributed by atoms with Gasteiger partial charge in [-0.2, -0.15) is 0 Å². The van der Waals surface area contributed by atoms with E-state index in [1.165, 1.54) is 16.7 Å². The zero-order valence-electron chi connectivity index (χ0n) is 12.0. The first-order chi connectivity index (χ1) is 9.16. The fourth-order valence-corrected chi connectivity index (χ4v) is 2.63. The van der Waals surface area contributed by atoms with E-state index in [0.717, 1.165) is 39.0 Å². The summed E-state index contributed by atoms with van der Waals surface area (Å²) in [5.41, 5.74) is 4.02. The molecular formula is C16H24N2O. The van der Waals surface area contributed by atoms with Gasteiger partial charge in [0.25, 0.3) is 0 Å².